The van der Waals surface area contributed by atoms with Crippen LogP contribution in [-0.2, 0) is 0 Å². The Morgan fingerprint density at radius 1 is 1.12 bits per heavy atom. The van der Waals surface area contributed by atoms with Gasteiger partial charge in [0.25, 0.3) is 17.3 Å². The van der Waals surface area contributed by atoms with Crippen molar-refractivity contribution in [2.75, 3.05) is 5.32 Å². The number of nitro benzene ring substituents is 2. The van der Waals surface area contributed by atoms with Crippen LogP contribution in [0.2, 0.25) is 5.02 Å². The van der Waals surface area contributed by atoms with E-state index in [2.05, 4.69) is 21.2 Å². The first-order valence-corrected chi connectivity index (χ1v) is 7.28. The first-order valence-electron chi connectivity index (χ1n) is 6.11. The fraction of sp³-hybridized carbons (Fsp3) is 0. The Morgan fingerprint density at radius 3 is 2.33 bits per heavy atom. The van der Waals surface area contributed by atoms with Gasteiger partial charge in [0.2, 0.25) is 0 Å². The molecule has 0 atom stereocenters. The molecule has 2 aromatic rings. The van der Waals surface area contributed by atoms with Crippen molar-refractivity contribution in [3.63, 3.8) is 0 Å². The Morgan fingerprint density at radius 2 is 1.79 bits per heavy atom. The quantitative estimate of drug-likeness (QED) is 0.600. The summed E-state index contributed by atoms with van der Waals surface area (Å²) in [4.78, 5) is 32.1. The molecule has 1 amide bonds. The Bertz CT molecular complexity index is 873. The molecular formula is C13H6BrClN3O6-. The molecule has 0 aliphatic carbocycles. The van der Waals surface area contributed by atoms with Crippen molar-refractivity contribution in [3.8, 4) is 5.75 Å². The second-order valence-corrected chi connectivity index (χ2v) is 5.76. The summed E-state index contributed by atoms with van der Waals surface area (Å²) in [6, 6.07) is 5.44. The van der Waals surface area contributed by atoms with Gasteiger partial charge in [-0.15, -0.1) is 0 Å². The fourth-order valence-corrected chi connectivity index (χ4v) is 2.46. The summed E-state index contributed by atoms with van der Waals surface area (Å²) < 4.78 is 0.175. The Kier molecular flexibility index (Phi) is 5.00. The third-order valence-electron chi connectivity index (χ3n) is 2.89. The van der Waals surface area contributed by atoms with Gasteiger partial charge in [-0.3, -0.25) is 25.0 Å². The molecule has 0 fully saturated rings. The highest BCUT2D eigenvalue weighted by Crippen LogP contribution is 2.33. The zero-order valence-electron chi connectivity index (χ0n) is 11.5. The predicted octanol–water partition coefficient (Wildman–Crippen LogP) is 3.24. The maximum absolute atomic E-state index is 12.2. The molecule has 0 heterocycles. The van der Waals surface area contributed by atoms with Crippen molar-refractivity contribution >= 4 is 50.5 Å². The number of anilines is 1. The van der Waals surface area contributed by atoms with E-state index in [1.54, 1.807) is 0 Å². The van der Waals surface area contributed by atoms with E-state index in [0.717, 1.165) is 24.3 Å². The number of nitrogens with one attached hydrogen (secondary N) is 1. The van der Waals surface area contributed by atoms with Gasteiger partial charge in [-0.2, -0.15) is 0 Å². The normalized spacial score (nSPS) is 10.2. The molecule has 0 radical (unpaired) electrons. The van der Waals surface area contributed by atoms with E-state index in [4.69, 9.17) is 11.6 Å². The molecule has 124 valence electrons. The molecule has 11 heteroatoms. The third kappa shape index (κ3) is 3.60. The number of carbonyl (C=O) groups excluding carboxylic acids is 1. The Balaban J connectivity index is 2.37. The molecule has 2 rings (SSSR count). The zero-order valence-corrected chi connectivity index (χ0v) is 13.8. The first-order chi connectivity index (χ1) is 11.2. The van der Waals surface area contributed by atoms with Gasteiger partial charge in [-0.25, -0.2) is 0 Å². The van der Waals surface area contributed by atoms with Crippen molar-refractivity contribution in [2.45, 2.75) is 0 Å². The highest BCUT2D eigenvalue weighted by atomic mass is 79.9. The molecule has 1 N–H and O–H groups in total. The Hall–Kier alpha value is -2.72. The number of hydrogen-bond donors (Lipinski definition) is 1. The van der Waals surface area contributed by atoms with Crippen LogP contribution in [0.4, 0.5) is 17.1 Å². The van der Waals surface area contributed by atoms with E-state index in [-0.39, 0.29) is 20.9 Å². The summed E-state index contributed by atoms with van der Waals surface area (Å²) in [5.41, 5.74) is -1.48. The van der Waals surface area contributed by atoms with Crippen molar-refractivity contribution in [1.29, 1.82) is 0 Å². The molecule has 0 spiro atoms. The molecule has 24 heavy (non-hydrogen) atoms. The van der Waals surface area contributed by atoms with Crippen LogP contribution in [0, 0.1) is 20.2 Å². The van der Waals surface area contributed by atoms with E-state index in [9.17, 15) is 30.1 Å². The van der Waals surface area contributed by atoms with Crippen LogP contribution >= 0.6 is 27.5 Å². The highest BCUT2D eigenvalue weighted by Gasteiger charge is 2.18. The smallest absolute Gasteiger partial charge is 0.271 e. The van der Waals surface area contributed by atoms with Crippen LogP contribution in [-0.4, -0.2) is 15.8 Å². The predicted molar refractivity (Wildman–Crippen MR) is 86.3 cm³/mol. The van der Waals surface area contributed by atoms with Crippen molar-refractivity contribution in [1.82, 2.24) is 0 Å². The van der Waals surface area contributed by atoms with Gasteiger partial charge < -0.3 is 10.4 Å². The lowest BCUT2D eigenvalue weighted by Gasteiger charge is -2.14. The molecule has 0 saturated carbocycles. The topological polar surface area (TPSA) is 138 Å². The molecule has 0 bridgehead atoms. The van der Waals surface area contributed by atoms with E-state index in [1.807, 2.05) is 0 Å². The number of benzene rings is 2. The minimum atomic E-state index is -1.06. The molecule has 0 aliphatic heterocycles. The largest absolute Gasteiger partial charge is 0.867 e. The van der Waals surface area contributed by atoms with Crippen LogP contribution < -0.4 is 10.4 Å². The molecule has 0 saturated heterocycles. The number of non-ortho nitro benzene ring substituents is 1. The average molecular weight is 416 g/mol. The summed E-state index contributed by atoms with van der Waals surface area (Å²) in [6.07, 6.45) is 0. The van der Waals surface area contributed by atoms with Crippen LogP contribution in [0.3, 0.4) is 0 Å². The summed E-state index contributed by atoms with van der Waals surface area (Å²) in [5, 5.41) is 35.6. The van der Waals surface area contributed by atoms with Crippen LogP contribution in [0.15, 0.2) is 34.8 Å². The number of halogens is 2. The number of amides is 1. The molecule has 0 aromatic heterocycles. The molecule has 2 aromatic carbocycles. The minimum Gasteiger partial charge on any atom is -0.867 e. The van der Waals surface area contributed by atoms with Gasteiger partial charge in [-0.1, -0.05) is 27.5 Å². The van der Waals surface area contributed by atoms with E-state index in [0.29, 0.717) is 0 Å². The van der Waals surface area contributed by atoms with E-state index < -0.39 is 32.8 Å². The van der Waals surface area contributed by atoms with Crippen LogP contribution in [0.25, 0.3) is 0 Å². The molecule has 9 nitrogen and oxygen atoms in total. The standard InChI is InChI=1S/C13H7BrClN3O6/c14-6-3-8(12(19)11(4-6)18(23)24)13(20)16-10-2-1-7(17(21)22)5-9(10)15/h1-5,19H,(H,16,20)/p-1. The van der Waals surface area contributed by atoms with Gasteiger partial charge >= 0.3 is 0 Å². The van der Waals surface area contributed by atoms with Crippen molar-refractivity contribution in [2.24, 2.45) is 0 Å². The lowest BCUT2D eigenvalue weighted by atomic mass is 10.1. The second kappa shape index (κ2) is 6.81. The second-order valence-electron chi connectivity index (χ2n) is 4.43. The van der Waals surface area contributed by atoms with Crippen molar-refractivity contribution in [3.05, 3.63) is 65.6 Å². The average Bonchev–Trinajstić information content (AvgIpc) is 2.50. The van der Waals surface area contributed by atoms with Gasteiger partial charge in [0.15, 0.2) is 0 Å². The van der Waals surface area contributed by atoms with Gasteiger partial charge in [0, 0.05) is 28.2 Å². The van der Waals surface area contributed by atoms with Crippen LogP contribution in [0.5, 0.6) is 5.75 Å². The molecular weight excluding hydrogens is 410 g/mol. The monoisotopic (exact) mass is 414 g/mol. The summed E-state index contributed by atoms with van der Waals surface area (Å²) in [6.45, 7) is 0. The lowest BCUT2D eigenvalue weighted by molar-refractivity contribution is -0.398. The molecule has 0 unspecified atom stereocenters. The summed E-state index contributed by atoms with van der Waals surface area (Å²) in [5.74, 6) is -1.99. The van der Waals surface area contributed by atoms with Crippen LogP contribution in [0.1, 0.15) is 10.4 Å². The SMILES string of the molecule is O=C(Nc1ccc([N+](=O)[O-])cc1Cl)c1cc(Br)cc([N+](=O)[O-])c1[O-]. The number of carbonyl (C=O) groups is 1. The lowest BCUT2D eigenvalue weighted by Crippen LogP contribution is -2.16. The van der Waals surface area contributed by atoms with Gasteiger partial charge in [0.05, 0.1) is 20.6 Å². The third-order valence-corrected chi connectivity index (χ3v) is 3.66. The maximum Gasteiger partial charge on any atom is 0.271 e. The molecule has 0 aliphatic rings. The maximum atomic E-state index is 12.2. The highest BCUT2D eigenvalue weighted by molar-refractivity contribution is 9.10. The van der Waals surface area contributed by atoms with E-state index >= 15 is 0 Å². The van der Waals surface area contributed by atoms with Gasteiger partial charge in [0.1, 0.15) is 0 Å². The first kappa shape index (κ1) is 17.6. The number of nitro groups is 2. The van der Waals surface area contributed by atoms with E-state index in [1.165, 1.54) is 6.07 Å². The number of rotatable bonds is 4. The zero-order chi connectivity index (χ0) is 18.0. The van der Waals surface area contributed by atoms with Gasteiger partial charge in [-0.05, 0) is 17.9 Å². The summed E-state index contributed by atoms with van der Waals surface area (Å²) in [7, 11) is 0. The summed E-state index contributed by atoms with van der Waals surface area (Å²) >= 11 is 8.83. The number of hydrogen-bond acceptors (Lipinski definition) is 6. The fourth-order valence-electron chi connectivity index (χ4n) is 1.79. The Labute approximate surface area is 147 Å². The number of nitrogens with zero attached hydrogens (tertiary/aromatic N) is 2. The van der Waals surface area contributed by atoms with Crippen molar-refractivity contribution < 1.29 is 19.7 Å². The minimum absolute atomic E-state index is 0.0225.